The Morgan fingerprint density at radius 3 is 2.57 bits per heavy atom. The molecule has 3 heteroatoms. The molecule has 1 aliphatic rings. The molecule has 0 bridgehead atoms. The number of nitrogens with one attached hydrogen (secondary N) is 1. The van der Waals surface area contributed by atoms with E-state index in [1.807, 2.05) is 6.07 Å². The molecule has 1 aromatic rings. The number of rotatable bonds is 5. The number of hydrogen-bond acceptors (Lipinski definition) is 2. The number of likely N-dealkylation sites (N-methyl/N-ethyl adjacent to an activating group) is 1. The Hall–Kier alpha value is -0.930. The lowest BCUT2D eigenvalue weighted by atomic mass is 9.79. The molecule has 21 heavy (non-hydrogen) atoms. The van der Waals surface area contributed by atoms with Crippen LogP contribution in [0.1, 0.15) is 46.6 Å². The highest BCUT2D eigenvalue weighted by Crippen LogP contribution is 2.44. The van der Waals surface area contributed by atoms with Crippen LogP contribution < -0.4 is 5.32 Å². The van der Waals surface area contributed by atoms with Gasteiger partial charge in [-0.15, -0.1) is 0 Å². The summed E-state index contributed by atoms with van der Waals surface area (Å²) in [6, 6.07) is 7.22. The molecule has 2 atom stereocenters. The van der Waals surface area contributed by atoms with Gasteiger partial charge in [0.1, 0.15) is 5.82 Å². The lowest BCUT2D eigenvalue weighted by Crippen LogP contribution is -2.45. The summed E-state index contributed by atoms with van der Waals surface area (Å²) < 4.78 is 19.6. The summed E-state index contributed by atoms with van der Waals surface area (Å²) in [7, 11) is 0. The third-order valence-electron chi connectivity index (χ3n) is 4.44. The van der Waals surface area contributed by atoms with Crippen LogP contribution in [0.25, 0.3) is 0 Å². The van der Waals surface area contributed by atoms with Crippen LogP contribution >= 0.6 is 0 Å². The van der Waals surface area contributed by atoms with E-state index >= 15 is 0 Å². The van der Waals surface area contributed by atoms with Gasteiger partial charge < -0.3 is 10.1 Å². The summed E-state index contributed by atoms with van der Waals surface area (Å²) in [6.45, 7) is 11.7. The van der Waals surface area contributed by atoms with Crippen molar-refractivity contribution in [3.8, 4) is 0 Å². The van der Waals surface area contributed by atoms with Crippen molar-refractivity contribution in [3.63, 3.8) is 0 Å². The zero-order valence-electron chi connectivity index (χ0n) is 13.9. The van der Waals surface area contributed by atoms with Gasteiger partial charge in [-0.25, -0.2) is 4.39 Å². The van der Waals surface area contributed by atoms with E-state index in [2.05, 4.69) is 39.9 Å². The van der Waals surface area contributed by atoms with E-state index in [1.54, 1.807) is 12.1 Å². The van der Waals surface area contributed by atoms with Crippen molar-refractivity contribution in [3.05, 3.63) is 35.6 Å². The van der Waals surface area contributed by atoms with E-state index < -0.39 is 0 Å². The maximum Gasteiger partial charge on any atom is 0.123 e. The van der Waals surface area contributed by atoms with Crippen LogP contribution in [0, 0.1) is 11.7 Å². The van der Waals surface area contributed by atoms with Crippen molar-refractivity contribution in [2.75, 3.05) is 6.54 Å². The van der Waals surface area contributed by atoms with Gasteiger partial charge in [0.15, 0.2) is 0 Å². The smallest absolute Gasteiger partial charge is 0.123 e. The number of hydrogen-bond donors (Lipinski definition) is 1. The first-order valence-corrected chi connectivity index (χ1v) is 7.91. The summed E-state index contributed by atoms with van der Waals surface area (Å²) in [5.74, 6) is 0.251. The molecule has 1 fully saturated rings. The first kappa shape index (κ1) is 16.4. The van der Waals surface area contributed by atoms with E-state index in [1.165, 1.54) is 6.07 Å². The number of benzene rings is 1. The van der Waals surface area contributed by atoms with Gasteiger partial charge in [0.05, 0.1) is 11.2 Å². The quantitative estimate of drug-likeness (QED) is 0.888. The normalized spacial score (nSPS) is 25.0. The van der Waals surface area contributed by atoms with Crippen LogP contribution in [0.3, 0.4) is 0 Å². The fraction of sp³-hybridized carbons (Fsp3) is 0.667. The van der Waals surface area contributed by atoms with Crippen molar-refractivity contribution >= 4 is 0 Å². The molecule has 2 rings (SSSR count). The Labute approximate surface area is 128 Å². The zero-order valence-corrected chi connectivity index (χ0v) is 13.9. The van der Waals surface area contributed by atoms with E-state index in [9.17, 15) is 4.39 Å². The van der Waals surface area contributed by atoms with Crippen molar-refractivity contribution in [2.24, 2.45) is 5.92 Å². The molecular formula is C18H28FNO. The molecule has 0 aliphatic carbocycles. The van der Waals surface area contributed by atoms with Crippen LogP contribution in [-0.4, -0.2) is 23.8 Å². The Morgan fingerprint density at radius 2 is 2.05 bits per heavy atom. The van der Waals surface area contributed by atoms with E-state index in [0.717, 1.165) is 24.9 Å². The highest BCUT2D eigenvalue weighted by molar-refractivity contribution is 5.18. The van der Waals surface area contributed by atoms with Gasteiger partial charge in [0.25, 0.3) is 0 Å². The molecular weight excluding hydrogens is 265 g/mol. The van der Waals surface area contributed by atoms with Crippen molar-refractivity contribution in [1.29, 1.82) is 0 Å². The first-order chi connectivity index (χ1) is 9.73. The average Bonchev–Trinajstić information content (AvgIpc) is 2.57. The van der Waals surface area contributed by atoms with E-state index in [-0.39, 0.29) is 17.0 Å². The first-order valence-electron chi connectivity index (χ1n) is 7.91. The van der Waals surface area contributed by atoms with E-state index in [4.69, 9.17) is 4.74 Å². The predicted molar refractivity (Wildman–Crippen MR) is 84.9 cm³/mol. The standard InChI is InChI=1S/C18H28FNO/c1-6-20-16(11-13-8-7-9-14(19)10-13)15-12-17(2,3)21-18(15,4)5/h7-10,15-16,20H,6,11-12H2,1-5H3. The molecule has 0 saturated carbocycles. The fourth-order valence-corrected chi connectivity index (χ4v) is 3.77. The number of ether oxygens (including phenoxy) is 1. The van der Waals surface area contributed by atoms with Gasteiger partial charge in [0, 0.05) is 12.0 Å². The zero-order chi connectivity index (χ0) is 15.7. The van der Waals surface area contributed by atoms with Crippen molar-refractivity contribution in [1.82, 2.24) is 5.32 Å². The van der Waals surface area contributed by atoms with E-state index in [0.29, 0.717) is 12.0 Å². The largest absolute Gasteiger partial charge is 0.369 e. The molecule has 1 saturated heterocycles. The monoisotopic (exact) mass is 293 g/mol. The highest BCUT2D eigenvalue weighted by Gasteiger charge is 2.48. The molecule has 1 aliphatic heterocycles. The third kappa shape index (κ3) is 4.04. The molecule has 0 aromatic heterocycles. The molecule has 1 N–H and O–H groups in total. The number of halogens is 1. The fourth-order valence-electron chi connectivity index (χ4n) is 3.77. The van der Waals surface area contributed by atoms with Gasteiger partial charge in [-0.1, -0.05) is 19.1 Å². The summed E-state index contributed by atoms with van der Waals surface area (Å²) in [4.78, 5) is 0. The lowest BCUT2D eigenvalue weighted by molar-refractivity contribution is -0.0776. The average molecular weight is 293 g/mol. The van der Waals surface area contributed by atoms with Crippen LogP contribution in [0.4, 0.5) is 4.39 Å². The van der Waals surface area contributed by atoms with Crippen LogP contribution in [-0.2, 0) is 11.2 Å². The summed E-state index contributed by atoms with van der Waals surface area (Å²) in [6.07, 6.45) is 1.85. The lowest BCUT2D eigenvalue weighted by Gasteiger charge is -2.33. The van der Waals surface area contributed by atoms with Crippen molar-refractivity contribution < 1.29 is 9.13 Å². The Morgan fingerprint density at radius 1 is 1.33 bits per heavy atom. The van der Waals surface area contributed by atoms with Gasteiger partial charge in [0.2, 0.25) is 0 Å². The summed E-state index contributed by atoms with van der Waals surface area (Å²) >= 11 is 0. The van der Waals surface area contributed by atoms with Crippen molar-refractivity contribution in [2.45, 2.75) is 64.7 Å². The molecule has 2 nitrogen and oxygen atoms in total. The Balaban J connectivity index is 2.19. The molecule has 0 spiro atoms. The molecule has 118 valence electrons. The molecule has 0 amide bonds. The molecule has 1 aromatic carbocycles. The molecule has 0 radical (unpaired) electrons. The SMILES string of the molecule is CCNC(Cc1cccc(F)c1)C1CC(C)(C)OC1(C)C. The van der Waals surface area contributed by atoms with Gasteiger partial charge in [-0.2, -0.15) is 0 Å². The van der Waals surface area contributed by atoms with Gasteiger partial charge >= 0.3 is 0 Å². The van der Waals surface area contributed by atoms with Crippen LogP contribution in [0.5, 0.6) is 0 Å². The molecule has 2 unspecified atom stereocenters. The predicted octanol–water partition coefficient (Wildman–Crippen LogP) is 3.94. The summed E-state index contributed by atoms with van der Waals surface area (Å²) in [5.41, 5.74) is 0.787. The Kier molecular flexibility index (Phi) is 4.74. The van der Waals surface area contributed by atoms with Crippen LogP contribution in [0.15, 0.2) is 24.3 Å². The molecule has 1 heterocycles. The third-order valence-corrected chi connectivity index (χ3v) is 4.44. The Bertz CT molecular complexity index is 484. The van der Waals surface area contributed by atoms with Gasteiger partial charge in [-0.3, -0.25) is 0 Å². The van der Waals surface area contributed by atoms with Gasteiger partial charge in [-0.05, 0) is 64.8 Å². The minimum absolute atomic E-state index is 0.0935. The minimum atomic E-state index is -0.163. The summed E-state index contributed by atoms with van der Waals surface area (Å²) in [5, 5.41) is 3.58. The topological polar surface area (TPSA) is 21.3 Å². The maximum atomic E-state index is 13.4. The maximum absolute atomic E-state index is 13.4. The second-order valence-electron chi connectivity index (χ2n) is 7.27. The van der Waals surface area contributed by atoms with Crippen LogP contribution in [0.2, 0.25) is 0 Å². The highest BCUT2D eigenvalue weighted by atomic mass is 19.1. The second-order valence-corrected chi connectivity index (χ2v) is 7.27. The minimum Gasteiger partial charge on any atom is -0.369 e. The second kappa shape index (κ2) is 6.05.